The van der Waals surface area contributed by atoms with E-state index in [1.807, 2.05) is 0 Å². The minimum Gasteiger partial charge on any atom is -0.236 e. The predicted molar refractivity (Wildman–Crippen MR) is 39.7 cm³/mol. The van der Waals surface area contributed by atoms with Gasteiger partial charge in [0.1, 0.15) is 0 Å². The van der Waals surface area contributed by atoms with Gasteiger partial charge < -0.3 is 0 Å². The minimum absolute atomic E-state index is 0.611. The highest BCUT2D eigenvalue weighted by Gasteiger charge is 2.72. The van der Waals surface area contributed by atoms with Crippen LogP contribution in [-0.4, -0.2) is 23.7 Å². The number of hydrogen-bond donors (Lipinski definition) is 0. The lowest BCUT2D eigenvalue weighted by Gasteiger charge is -2.32. The largest absolute Gasteiger partial charge is 0.375 e. The highest BCUT2D eigenvalue weighted by atomic mass is 31.0. The zero-order valence-electron chi connectivity index (χ0n) is 7.01. The highest BCUT2D eigenvalue weighted by molar-refractivity contribution is 7.17. The molecule has 0 aliphatic heterocycles. The van der Waals surface area contributed by atoms with Crippen LogP contribution in [0.5, 0.6) is 0 Å². The standard InChI is InChI=1S/C6H8F7P/c1-2-4(8,9)6(12,13)5(10,11)3(7)14/h3H,2,14H2,1H3. The van der Waals surface area contributed by atoms with Crippen LogP contribution in [0.25, 0.3) is 0 Å². The van der Waals surface area contributed by atoms with Crippen molar-refractivity contribution in [3.63, 3.8) is 0 Å². The first kappa shape index (κ1) is 13.9. The van der Waals surface area contributed by atoms with Crippen LogP contribution in [0.1, 0.15) is 13.3 Å². The SMILES string of the molecule is CCC(F)(F)C(F)(F)C(F)(F)C(F)P. The van der Waals surface area contributed by atoms with E-state index in [0.717, 1.165) is 9.24 Å². The highest BCUT2D eigenvalue weighted by Crippen LogP contribution is 2.50. The molecule has 0 fully saturated rings. The number of alkyl halides is 7. The van der Waals surface area contributed by atoms with Gasteiger partial charge in [-0.05, 0) is 0 Å². The van der Waals surface area contributed by atoms with Gasteiger partial charge in [-0.1, -0.05) is 16.2 Å². The summed E-state index contributed by atoms with van der Waals surface area (Å²) in [6.45, 7) is 0.611. The Labute approximate surface area is 78.1 Å². The smallest absolute Gasteiger partial charge is 0.236 e. The van der Waals surface area contributed by atoms with Crippen LogP contribution in [0, 0.1) is 0 Å². The van der Waals surface area contributed by atoms with E-state index in [1.54, 1.807) is 0 Å². The summed E-state index contributed by atoms with van der Waals surface area (Å²) in [5, 5.41) is 0. The molecule has 86 valence electrons. The van der Waals surface area contributed by atoms with E-state index >= 15 is 0 Å². The van der Waals surface area contributed by atoms with Crippen molar-refractivity contribution in [2.45, 2.75) is 37.0 Å². The van der Waals surface area contributed by atoms with Crippen molar-refractivity contribution in [1.82, 2.24) is 0 Å². The molecule has 0 nitrogen and oxygen atoms in total. The van der Waals surface area contributed by atoms with Crippen molar-refractivity contribution in [3.8, 4) is 0 Å². The lowest BCUT2D eigenvalue weighted by atomic mass is 10.0. The summed E-state index contributed by atoms with van der Waals surface area (Å²) in [5.74, 6) is -19.5. The van der Waals surface area contributed by atoms with E-state index in [0.29, 0.717) is 6.92 Å². The third-order valence-corrected chi connectivity index (χ3v) is 2.09. The molecule has 0 rings (SSSR count). The van der Waals surface area contributed by atoms with Crippen LogP contribution in [0.3, 0.4) is 0 Å². The summed E-state index contributed by atoms with van der Waals surface area (Å²) in [6.07, 6.45) is -1.49. The van der Waals surface area contributed by atoms with Gasteiger partial charge in [0.05, 0.1) is 0 Å². The van der Waals surface area contributed by atoms with Gasteiger partial charge in [0, 0.05) is 6.42 Å². The van der Waals surface area contributed by atoms with Gasteiger partial charge in [0.25, 0.3) is 0 Å². The van der Waals surface area contributed by atoms with E-state index in [4.69, 9.17) is 0 Å². The molecule has 2 unspecified atom stereocenters. The van der Waals surface area contributed by atoms with Crippen LogP contribution in [0.2, 0.25) is 0 Å². The Morgan fingerprint density at radius 3 is 1.64 bits per heavy atom. The Hall–Kier alpha value is -0.0600. The number of halogens is 7. The molecule has 0 heterocycles. The van der Waals surface area contributed by atoms with Gasteiger partial charge in [-0.25, -0.2) is 4.39 Å². The van der Waals surface area contributed by atoms with Crippen molar-refractivity contribution in [2.24, 2.45) is 0 Å². The first-order chi connectivity index (χ1) is 6.00. The third kappa shape index (κ3) is 1.97. The van der Waals surface area contributed by atoms with Crippen molar-refractivity contribution in [1.29, 1.82) is 0 Å². The minimum atomic E-state index is -5.70. The Balaban J connectivity index is 5.14. The van der Waals surface area contributed by atoms with Gasteiger partial charge >= 0.3 is 17.8 Å². The van der Waals surface area contributed by atoms with E-state index in [1.165, 1.54) is 0 Å². The molecule has 0 aromatic heterocycles. The lowest BCUT2D eigenvalue weighted by molar-refractivity contribution is -0.316. The molecule has 2 atom stereocenters. The molecular weight excluding hydrogens is 236 g/mol. The maximum Gasteiger partial charge on any atom is 0.375 e. The van der Waals surface area contributed by atoms with Crippen LogP contribution in [0.4, 0.5) is 30.7 Å². The fourth-order valence-electron chi connectivity index (χ4n) is 0.639. The van der Waals surface area contributed by atoms with Gasteiger partial charge in [-0.15, -0.1) is 0 Å². The summed E-state index contributed by atoms with van der Waals surface area (Å²) < 4.78 is 86.5. The molecule has 0 amide bonds. The van der Waals surface area contributed by atoms with E-state index in [9.17, 15) is 30.7 Å². The van der Waals surface area contributed by atoms with Crippen LogP contribution in [-0.2, 0) is 0 Å². The van der Waals surface area contributed by atoms with E-state index < -0.39 is 30.1 Å². The van der Waals surface area contributed by atoms with E-state index in [-0.39, 0.29) is 0 Å². The quantitative estimate of drug-likeness (QED) is 0.524. The Kier molecular flexibility index (Phi) is 3.82. The molecule has 0 N–H and O–H groups in total. The lowest BCUT2D eigenvalue weighted by Crippen LogP contribution is -2.56. The second kappa shape index (κ2) is 3.83. The van der Waals surface area contributed by atoms with Gasteiger partial charge in [0.15, 0.2) is 5.91 Å². The molecule has 0 aromatic rings. The average Bonchev–Trinajstić information content (AvgIpc) is 2.03. The molecule has 0 spiro atoms. The van der Waals surface area contributed by atoms with Crippen LogP contribution < -0.4 is 0 Å². The van der Waals surface area contributed by atoms with Gasteiger partial charge in [-0.2, -0.15) is 26.3 Å². The topological polar surface area (TPSA) is 0 Å². The molecule has 14 heavy (non-hydrogen) atoms. The predicted octanol–water partition coefficient (Wildman–Crippen LogP) is 3.47. The van der Waals surface area contributed by atoms with Crippen LogP contribution in [0.15, 0.2) is 0 Å². The number of hydrogen-bond acceptors (Lipinski definition) is 0. The van der Waals surface area contributed by atoms with Gasteiger partial charge in [0.2, 0.25) is 0 Å². The van der Waals surface area contributed by atoms with Crippen LogP contribution >= 0.6 is 9.24 Å². The summed E-state index contributed by atoms with van der Waals surface area (Å²) in [6, 6.07) is 0. The molecule has 0 aliphatic carbocycles. The molecule has 0 saturated heterocycles. The molecule has 0 bridgehead atoms. The number of rotatable bonds is 4. The average molecular weight is 244 g/mol. The normalized spacial score (nSPS) is 16.9. The molecule has 0 saturated carbocycles. The first-order valence-corrected chi connectivity index (χ1v) is 4.20. The Bertz CT molecular complexity index is 200. The van der Waals surface area contributed by atoms with Crippen molar-refractivity contribution in [3.05, 3.63) is 0 Å². The zero-order valence-corrected chi connectivity index (χ0v) is 8.16. The zero-order chi connectivity index (χ0) is 11.8. The Morgan fingerprint density at radius 1 is 1.07 bits per heavy atom. The first-order valence-electron chi connectivity index (χ1n) is 3.53. The Morgan fingerprint density at radius 2 is 1.43 bits per heavy atom. The van der Waals surface area contributed by atoms with E-state index in [2.05, 4.69) is 0 Å². The maximum atomic E-state index is 12.5. The molecular formula is C6H8F7P. The second-order valence-electron chi connectivity index (χ2n) is 2.66. The molecule has 0 aromatic carbocycles. The molecule has 8 heteroatoms. The van der Waals surface area contributed by atoms with Crippen molar-refractivity contribution < 1.29 is 30.7 Å². The summed E-state index contributed by atoms with van der Waals surface area (Å²) in [7, 11) is 0.739. The summed E-state index contributed by atoms with van der Waals surface area (Å²) >= 11 is 0. The molecule has 0 aliphatic rings. The van der Waals surface area contributed by atoms with Gasteiger partial charge in [-0.3, -0.25) is 0 Å². The monoisotopic (exact) mass is 244 g/mol. The third-order valence-electron chi connectivity index (χ3n) is 1.67. The fraction of sp³-hybridized carbons (Fsp3) is 1.00. The fourth-order valence-corrected chi connectivity index (χ4v) is 0.848. The second-order valence-corrected chi connectivity index (χ2v) is 3.24. The summed E-state index contributed by atoms with van der Waals surface area (Å²) in [5.41, 5.74) is 0. The maximum absolute atomic E-state index is 12.5. The molecule has 0 radical (unpaired) electrons. The summed E-state index contributed by atoms with van der Waals surface area (Å²) in [4.78, 5) is 0. The van der Waals surface area contributed by atoms with Crippen molar-refractivity contribution >= 4 is 9.24 Å². The van der Waals surface area contributed by atoms with Crippen molar-refractivity contribution in [2.75, 3.05) is 0 Å².